The lowest BCUT2D eigenvalue weighted by Crippen LogP contribution is -2.31. The summed E-state index contributed by atoms with van der Waals surface area (Å²) in [7, 11) is 0. The van der Waals surface area contributed by atoms with E-state index in [-0.39, 0.29) is 11.3 Å². The van der Waals surface area contributed by atoms with E-state index in [2.05, 4.69) is 10.2 Å². The van der Waals surface area contributed by atoms with Crippen LogP contribution in [0.15, 0.2) is 35.1 Å². The molecule has 0 unspecified atom stereocenters. The van der Waals surface area contributed by atoms with Crippen LogP contribution in [0.3, 0.4) is 0 Å². The van der Waals surface area contributed by atoms with Crippen LogP contribution in [0.25, 0.3) is 0 Å². The summed E-state index contributed by atoms with van der Waals surface area (Å²) in [4.78, 5) is 25.4. The van der Waals surface area contributed by atoms with Gasteiger partial charge in [0.25, 0.3) is 0 Å². The van der Waals surface area contributed by atoms with Crippen molar-refractivity contribution in [1.82, 2.24) is 4.90 Å². The van der Waals surface area contributed by atoms with Gasteiger partial charge < -0.3 is 5.32 Å². The van der Waals surface area contributed by atoms with E-state index < -0.39 is 0 Å². The van der Waals surface area contributed by atoms with Gasteiger partial charge in [0.05, 0.1) is 12.2 Å². The van der Waals surface area contributed by atoms with E-state index in [1.807, 2.05) is 0 Å². The van der Waals surface area contributed by atoms with Crippen molar-refractivity contribution in [3.05, 3.63) is 40.6 Å². The number of hydrogen-bond acceptors (Lipinski definition) is 3. The molecule has 1 fully saturated rings. The molecule has 1 aliphatic heterocycles. The van der Waals surface area contributed by atoms with Crippen molar-refractivity contribution in [2.45, 2.75) is 12.8 Å². The molecule has 0 spiro atoms. The highest BCUT2D eigenvalue weighted by molar-refractivity contribution is 5.92. The minimum atomic E-state index is -0.162. The molecule has 0 saturated carbocycles. The van der Waals surface area contributed by atoms with Crippen molar-refractivity contribution in [3.63, 3.8) is 0 Å². The van der Waals surface area contributed by atoms with Gasteiger partial charge in [0.15, 0.2) is 0 Å². The first-order valence-corrected chi connectivity index (χ1v) is 5.87. The van der Waals surface area contributed by atoms with Gasteiger partial charge in [-0.3, -0.25) is 14.5 Å². The summed E-state index contributed by atoms with van der Waals surface area (Å²) in [5.74, 6) is -0.116. The predicted molar refractivity (Wildman–Crippen MR) is 67.0 cm³/mol. The highest BCUT2D eigenvalue weighted by Gasteiger charge is 2.15. The molecule has 1 heterocycles. The van der Waals surface area contributed by atoms with Crippen molar-refractivity contribution in [1.29, 1.82) is 0 Å². The van der Waals surface area contributed by atoms with Gasteiger partial charge in [-0.25, -0.2) is 0 Å². The van der Waals surface area contributed by atoms with Crippen LogP contribution in [0.2, 0.25) is 0 Å². The van der Waals surface area contributed by atoms with Crippen molar-refractivity contribution < 1.29 is 4.79 Å². The maximum atomic E-state index is 11.7. The second kappa shape index (κ2) is 5.59. The monoisotopic (exact) mass is 232 g/mol. The number of nitrogens with zero attached hydrogens (tertiary/aromatic N) is 1. The normalized spacial score (nSPS) is 15.8. The summed E-state index contributed by atoms with van der Waals surface area (Å²) in [6.07, 6.45) is 2.31. The molecular formula is C13H16N2O2. The zero-order chi connectivity index (χ0) is 12.1. The molecule has 1 amide bonds. The summed E-state index contributed by atoms with van der Waals surface area (Å²) in [5.41, 5.74) is 0.184. The van der Waals surface area contributed by atoms with Crippen LogP contribution >= 0.6 is 0 Å². The van der Waals surface area contributed by atoms with Gasteiger partial charge in [-0.1, -0.05) is 18.2 Å². The Bertz CT molecular complexity index is 453. The molecule has 1 aliphatic rings. The number of anilines is 1. The van der Waals surface area contributed by atoms with Gasteiger partial charge in [-0.05, 0) is 38.1 Å². The van der Waals surface area contributed by atoms with Crippen LogP contribution in [-0.4, -0.2) is 30.4 Å². The maximum absolute atomic E-state index is 11.7. The van der Waals surface area contributed by atoms with Crippen LogP contribution in [-0.2, 0) is 4.79 Å². The topological polar surface area (TPSA) is 49.4 Å². The highest BCUT2D eigenvalue weighted by Crippen LogP contribution is 2.06. The minimum Gasteiger partial charge on any atom is -0.322 e. The molecule has 0 bridgehead atoms. The van der Waals surface area contributed by atoms with E-state index in [1.165, 1.54) is 6.07 Å². The zero-order valence-electron chi connectivity index (χ0n) is 9.69. The molecule has 2 rings (SSSR count). The Labute approximate surface area is 100 Å². The van der Waals surface area contributed by atoms with Gasteiger partial charge in [-0.15, -0.1) is 0 Å². The molecule has 0 aromatic heterocycles. The van der Waals surface area contributed by atoms with Crippen LogP contribution in [0.5, 0.6) is 0 Å². The number of likely N-dealkylation sites (tertiary alicyclic amines) is 1. The lowest BCUT2D eigenvalue weighted by molar-refractivity contribution is -0.117. The molecule has 17 heavy (non-hydrogen) atoms. The van der Waals surface area contributed by atoms with E-state index in [0.29, 0.717) is 12.2 Å². The molecule has 1 N–H and O–H groups in total. The first-order chi connectivity index (χ1) is 8.25. The second-order valence-corrected chi connectivity index (χ2v) is 4.22. The van der Waals surface area contributed by atoms with Crippen LogP contribution in [0.4, 0.5) is 5.69 Å². The lowest BCUT2D eigenvalue weighted by Gasteiger charge is -2.13. The molecule has 0 aliphatic carbocycles. The van der Waals surface area contributed by atoms with Crippen LogP contribution < -0.4 is 10.7 Å². The van der Waals surface area contributed by atoms with Gasteiger partial charge in [-0.2, -0.15) is 0 Å². The van der Waals surface area contributed by atoms with Crippen molar-refractivity contribution in [2.24, 2.45) is 0 Å². The van der Waals surface area contributed by atoms with E-state index in [4.69, 9.17) is 0 Å². The third kappa shape index (κ3) is 3.39. The quantitative estimate of drug-likeness (QED) is 0.848. The third-order valence-corrected chi connectivity index (χ3v) is 2.84. The van der Waals surface area contributed by atoms with E-state index in [9.17, 15) is 9.59 Å². The molecule has 4 nitrogen and oxygen atoms in total. The number of hydrogen-bond donors (Lipinski definition) is 1. The van der Waals surface area contributed by atoms with Gasteiger partial charge >= 0.3 is 0 Å². The number of amides is 1. The zero-order valence-corrected chi connectivity index (χ0v) is 9.69. The Morgan fingerprint density at radius 2 is 1.88 bits per heavy atom. The largest absolute Gasteiger partial charge is 0.322 e. The Kier molecular flexibility index (Phi) is 3.88. The van der Waals surface area contributed by atoms with Crippen molar-refractivity contribution in [2.75, 3.05) is 25.0 Å². The van der Waals surface area contributed by atoms with Crippen molar-refractivity contribution >= 4 is 11.6 Å². The average Bonchev–Trinajstić information content (AvgIpc) is 2.71. The molecule has 0 radical (unpaired) electrons. The SMILES string of the molecule is O=C(CN1CCCC1)Nc1cccccc1=O. The second-order valence-electron chi connectivity index (χ2n) is 4.22. The molecular weight excluding hydrogens is 216 g/mol. The Morgan fingerprint density at radius 1 is 1.18 bits per heavy atom. The third-order valence-electron chi connectivity index (χ3n) is 2.84. The summed E-state index contributed by atoms with van der Waals surface area (Å²) in [5, 5.41) is 2.66. The Balaban J connectivity index is 1.98. The highest BCUT2D eigenvalue weighted by atomic mass is 16.2. The van der Waals surface area contributed by atoms with E-state index in [0.717, 1.165) is 25.9 Å². The predicted octanol–water partition coefficient (Wildman–Crippen LogP) is 1.08. The molecule has 4 heteroatoms. The Hall–Kier alpha value is -1.68. The number of rotatable bonds is 3. The maximum Gasteiger partial charge on any atom is 0.238 e. The fraction of sp³-hybridized carbons (Fsp3) is 0.385. The first-order valence-electron chi connectivity index (χ1n) is 5.87. The molecule has 90 valence electrons. The minimum absolute atomic E-state index is 0.116. The number of carbonyl (C=O) groups excluding carboxylic acids is 1. The molecule has 1 aromatic carbocycles. The molecule has 0 atom stereocenters. The van der Waals surface area contributed by atoms with Crippen molar-refractivity contribution in [3.8, 4) is 0 Å². The summed E-state index contributed by atoms with van der Waals surface area (Å²) in [6.45, 7) is 2.32. The van der Waals surface area contributed by atoms with Gasteiger partial charge in [0, 0.05) is 0 Å². The number of carbonyl (C=O) groups is 1. The Morgan fingerprint density at radius 3 is 2.65 bits per heavy atom. The summed E-state index contributed by atoms with van der Waals surface area (Å²) >= 11 is 0. The standard InChI is InChI=1S/C13H16N2O2/c16-12-7-3-1-2-6-11(12)14-13(17)10-15-8-4-5-9-15/h1-3,6-7H,4-5,8-10H2,(H,14,16,17). The van der Waals surface area contributed by atoms with E-state index in [1.54, 1.807) is 24.3 Å². The smallest absolute Gasteiger partial charge is 0.238 e. The van der Waals surface area contributed by atoms with Crippen LogP contribution in [0.1, 0.15) is 12.8 Å². The number of nitrogens with one attached hydrogen (secondary N) is 1. The van der Waals surface area contributed by atoms with Crippen LogP contribution in [0, 0.1) is 0 Å². The van der Waals surface area contributed by atoms with E-state index >= 15 is 0 Å². The fourth-order valence-electron chi connectivity index (χ4n) is 1.97. The van der Waals surface area contributed by atoms with Gasteiger partial charge in [0.1, 0.15) is 0 Å². The fourth-order valence-corrected chi connectivity index (χ4v) is 1.97. The molecule has 1 aromatic rings. The van der Waals surface area contributed by atoms with Gasteiger partial charge in [0.2, 0.25) is 11.3 Å². The average molecular weight is 232 g/mol. The summed E-state index contributed by atoms with van der Waals surface area (Å²) in [6, 6.07) is 8.25. The molecule has 1 saturated heterocycles. The first kappa shape index (κ1) is 11.8. The lowest BCUT2D eigenvalue weighted by atomic mass is 10.4. The summed E-state index contributed by atoms with van der Waals surface area (Å²) < 4.78 is 0.